The van der Waals surface area contributed by atoms with Crippen LogP contribution in [0.2, 0.25) is 6.32 Å². The predicted octanol–water partition coefficient (Wildman–Crippen LogP) is -1.35. The molecule has 45 valence electrons. The Bertz CT molecular complexity index is 52.5. The van der Waals surface area contributed by atoms with Crippen molar-refractivity contribution in [3.8, 4) is 0 Å². The molecule has 0 aromatic rings. The smallest absolute Gasteiger partial charge is 0.427 e. The molecule has 0 heterocycles. The minimum Gasteiger partial charge on any atom is -0.427 e. The van der Waals surface area contributed by atoms with E-state index in [2.05, 4.69) is 0 Å². The second-order valence-electron chi connectivity index (χ2n) is 0.883. The van der Waals surface area contributed by atoms with Crippen molar-refractivity contribution in [1.82, 2.24) is 0 Å². The van der Waals surface area contributed by atoms with Gasteiger partial charge in [0.25, 0.3) is 0 Å². The Morgan fingerprint density at radius 3 is 1.88 bits per heavy atom. The van der Waals surface area contributed by atoms with Crippen LogP contribution >= 0.6 is 0 Å². The minimum atomic E-state index is -1.47. The Morgan fingerprint density at radius 2 is 1.88 bits per heavy atom. The van der Waals surface area contributed by atoms with Crippen molar-refractivity contribution in [3.63, 3.8) is 0 Å². The van der Waals surface area contributed by atoms with Gasteiger partial charge in [-0.05, 0) is 0 Å². The maximum Gasteiger partial charge on any atom is 0.458 e. The van der Waals surface area contributed by atoms with Gasteiger partial charge in [0.05, 0.1) is 0 Å². The first-order valence-electron chi connectivity index (χ1n) is 1.57. The first kappa shape index (κ1) is 16.0. The Labute approximate surface area is 74.1 Å². The Balaban J connectivity index is -0.000000125. The van der Waals surface area contributed by atoms with Crippen LogP contribution in [0.1, 0.15) is 0 Å². The third-order valence-corrected chi connectivity index (χ3v) is 0.307. The van der Waals surface area contributed by atoms with Gasteiger partial charge in [-0.1, -0.05) is 0 Å². The third-order valence-electron chi connectivity index (χ3n) is 0.307. The summed E-state index contributed by atoms with van der Waals surface area (Å²) in [5.41, 5.74) is 0. The van der Waals surface area contributed by atoms with Gasteiger partial charge in [0, 0.05) is 45.9 Å². The minimum absolute atomic E-state index is 0. The van der Waals surface area contributed by atoms with Crippen molar-refractivity contribution >= 4 is 13.4 Å². The van der Waals surface area contributed by atoms with Gasteiger partial charge < -0.3 is 14.8 Å². The molecule has 0 amide bonds. The molecule has 0 rings (SSSR count). The van der Waals surface area contributed by atoms with E-state index >= 15 is 0 Å². The van der Waals surface area contributed by atoms with Crippen LogP contribution in [0.15, 0.2) is 0 Å². The Kier molecular flexibility index (Phi) is 21.6. The summed E-state index contributed by atoms with van der Waals surface area (Å²) in [4.78, 5) is 9.30. The zero-order chi connectivity index (χ0) is 4.99. The van der Waals surface area contributed by atoms with Crippen LogP contribution in [0, 0.1) is 0 Å². The molecule has 0 spiro atoms. The fraction of sp³-hybridized carbons (Fsp3) is 0.500. The van der Waals surface area contributed by atoms with Gasteiger partial charge in [0.15, 0.2) is 0 Å². The molecule has 0 saturated heterocycles. The van der Waals surface area contributed by atoms with Gasteiger partial charge in [0.1, 0.15) is 6.29 Å². The summed E-state index contributed by atoms with van der Waals surface area (Å²) < 4.78 is 0. The molecule has 0 unspecified atom stereocenters. The first-order chi connectivity index (χ1) is 2.77. The summed E-state index contributed by atoms with van der Waals surface area (Å²) in [7, 11) is -1.47. The van der Waals surface area contributed by atoms with Crippen LogP contribution in [0.25, 0.3) is 0 Å². The second-order valence-corrected chi connectivity index (χ2v) is 0.883. The second kappa shape index (κ2) is 10.8. The number of hydrogen-bond acceptors (Lipinski definition) is 3. The van der Waals surface area contributed by atoms with Crippen LogP contribution < -0.4 is 0 Å². The van der Waals surface area contributed by atoms with Crippen molar-refractivity contribution in [2.45, 2.75) is 6.32 Å². The predicted molar refractivity (Wildman–Crippen MR) is 21.1 cm³/mol. The van der Waals surface area contributed by atoms with E-state index in [0.717, 1.165) is 0 Å². The van der Waals surface area contributed by atoms with Gasteiger partial charge in [-0.25, -0.2) is 0 Å². The zero-order valence-electron chi connectivity index (χ0n) is 4.02. The molecule has 0 aliphatic carbocycles. The molecule has 0 bridgehead atoms. The maximum atomic E-state index is 9.30. The molecular formula is C2H5BO3VW. The summed E-state index contributed by atoms with van der Waals surface area (Å²) in [5, 5.41) is 15.8. The van der Waals surface area contributed by atoms with Gasteiger partial charge >= 0.3 is 7.12 Å². The molecule has 1 radical (unpaired) electrons. The number of carbonyl (C=O) groups is 1. The SMILES string of the molecule is O=CCB(O)O.[V].[W]. The van der Waals surface area contributed by atoms with E-state index in [1.165, 1.54) is 0 Å². The number of rotatable bonds is 2. The molecule has 0 aliphatic heterocycles. The van der Waals surface area contributed by atoms with E-state index in [9.17, 15) is 4.79 Å². The van der Waals surface area contributed by atoms with Crippen molar-refractivity contribution in [2.75, 3.05) is 0 Å². The largest absolute Gasteiger partial charge is 0.458 e. The summed E-state index contributed by atoms with van der Waals surface area (Å²) >= 11 is 0. The van der Waals surface area contributed by atoms with E-state index < -0.39 is 7.12 Å². The summed E-state index contributed by atoms with van der Waals surface area (Å²) in [6, 6.07) is 0. The van der Waals surface area contributed by atoms with Crippen molar-refractivity contribution in [3.05, 3.63) is 0 Å². The topological polar surface area (TPSA) is 57.5 Å². The zero-order valence-corrected chi connectivity index (χ0v) is 8.35. The van der Waals surface area contributed by atoms with E-state index in [0.29, 0.717) is 6.29 Å². The Morgan fingerprint density at radius 1 is 1.50 bits per heavy atom. The first-order valence-corrected chi connectivity index (χ1v) is 1.57. The van der Waals surface area contributed by atoms with Crippen LogP contribution in [0.3, 0.4) is 0 Å². The Hall–Kier alpha value is 0.928. The monoisotopic (exact) mass is 323 g/mol. The summed E-state index contributed by atoms with van der Waals surface area (Å²) in [6.07, 6.45) is 0.255. The van der Waals surface area contributed by atoms with Gasteiger partial charge in [-0.15, -0.1) is 0 Å². The van der Waals surface area contributed by atoms with Crippen LogP contribution in [-0.4, -0.2) is 23.5 Å². The van der Waals surface area contributed by atoms with Crippen LogP contribution in [0.4, 0.5) is 0 Å². The molecule has 6 heteroatoms. The van der Waals surface area contributed by atoms with Crippen LogP contribution in [-0.2, 0) is 44.4 Å². The normalized spacial score (nSPS) is 5.75. The quantitative estimate of drug-likeness (QED) is 0.488. The molecule has 2 N–H and O–H groups in total. The number of carbonyl (C=O) groups excluding carboxylic acids is 1. The molecular weight excluding hydrogens is 318 g/mol. The molecule has 0 atom stereocenters. The molecule has 0 aromatic heterocycles. The standard InChI is InChI=1S/C2H5BO3.V.W/c4-2-1-3(5)6;;/h2,5-6H,1H2;;. The van der Waals surface area contributed by atoms with E-state index in [-0.39, 0.29) is 45.9 Å². The molecule has 8 heavy (non-hydrogen) atoms. The fourth-order valence-corrected chi connectivity index (χ4v) is 0.0861. The molecule has 0 saturated carbocycles. The van der Waals surface area contributed by atoms with E-state index in [4.69, 9.17) is 10.0 Å². The van der Waals surface area contributed by atoms with Gasteiger partial charge in [-0.2, -0.15) is 0 Å². The average Bonchev–Trinajstić information content (AvgIpc) is 1.35. The van der Waals surface area contributed by atoms with Crippen molar-refractivity contribution in [1.29, 1.82) is 0 Å². The molecule has 0 aromatic carbocycles. The van der Waals surface area contributed by atoms with Crippen molar-refractivity contribution < 1.29 is 54.5 Å². The number of aldehydes is 1. The average molecular weight is 323 g/mol. The van der Waals surface area contributed by atoms with Gasteiger partial charge in [0.2, 0.25) is 0 Å². The summed E-state index contributed by atoms with van der Waals surface area (Å²) in [6.45, 7) is 0. The fourth-order valence-electron chi connectivity index (χ4n) is 0.0861. The number of hydrogen-bond donors (Lipinski definition) is 2. The third kappa shape index (κ3) is 15.8. The molecule has 0 fully saturated rings. The maximum absolute atomic E-state index is 9.30. The van der Waals surface area contributed by atoms with Gasteiger partial charge in [-0.3, -0.25) is 0 Å². The van der Waals surface area contributed by atoms with Crippen molar-refractivity contribution in [2.24, 2.45) is 0 Å². The van der Waals surface area contributed by atoms with Crippen LogP contribution in [0.5, 0.6) is 0 Å². The summed E-state index contributed by atoms with van der Waals surface area (Å²) in [5.74, 6) is 0. The molecule has 3 nitrogen and oxygen atoms in total. The van der Waals surface area contributed by atoms with E-state index in [1.807, 2.05) is 0 Å². The molecule has 0 aliphatic rings. The van der Waals surface area contributed by atoms with E-state index in [1.54, 1.807) is 0 Å².